The number of carbonyl (C=O) groups excluding carboxylic acids is 1. The van der Waals surface area contributed by atoms with E-state index in [0.29, 0.717) is 10.4 Å². The van der Waals surface area contributed by atoms with E-state index in [4.69, 9.17) is 0 Å². The summed E-state index contributed by atoms with van der Waals surface area (Å²) in [5.41, 5.74) is 0.501. The molecule has 3 aromatic rings. The molecule has 0 saturated heterocycles. The second kappa shape index (κ2) is 5.09. The Labute approximate surface area is 133 Å². The minimum absolute atomic E-state index is 0.0787. The van der Waals surface area contributed by atoms with Crippen LogP contribution in [-0.4, -0.2) is 5.78 Å². The average Bonchev–Trinajstić information content (AvgIpc) is 2.93. The van der Waals surface area contributed by atoms with Crippen molar-refractivity contribution >= 4 is 70.4 Å². The zero-order valence-electron chi connectivity index (χ0n) is 9.25. The summed E-state index contributed by atoms with van der Waals surface area (Å²) in [6.07, 6.45) is 0. The molecule has 1 nitrogen and oxygen atoms in total. The molecule has 3 rings (SSSR count). The predicted octanol–water partition coefficient (Wildman–Crippen LogP) is 5.86. The Hall–Kier alpha value is -0.560. The fourth-order valence-corrected chi connectivity index (χ4v) is 6.15. The molecule has 0 fully saturated rings. The summed E-state index contributed by atoms with van der Waals surface area (Å²) in [5, 5.41) is 1.03. The van der Waals surface area contributed by atoms with Crippen molar-refractivity contribution in [2.24, 2.45) is 0 Å². The monoisotopic (exact) mass is 418 g/mol. The molecule has 0 amide bonds. The van der Waals surface area contributed by atoms with Crippen molar-refractivity contribution in [3.05, 3.63) is 54.2 Å². The first kappa shape index (κ1) is 13.4. The molecule has 19 heavy (non-hydrogen) atoms. The van der Waals surface area contributed by atoms with Crippen molar-refractivity contribution in [2.75, 3.05) is 0 Å². The number of benzene rings is 1. The zero-order chi connectivity index (χ0) is 13.6. The van der Waals surface area contributed by atoms with Crippen LogP contribution in [0.3, 0.4) is 0 Å². The first-order chi connectivity index (χ1) is 9.06. The number of hydrogen-bond acceptors (Lipinski definition) is 3. The number of halogens is 3. The van der Waals surface area contributed by atoms with Crippen LogP contribution in [0.2, 0.25) is 0 Å². The van der Waals surface area contributed by atoms with Gasteiger partial charge in [-0.15, -0.1) is 22.7 Å². The third-order valence-corrected chi connectivity index (χ3v) is 6.75. The lowest BCUT2D eigenvalue weighted by Gasteiger charge is -1.97. The highest BCUT2D eigenvalue weighted by atomic mass is 79.9. The Bertz CT molecular complexity index is 739. The normalized spacial score (nSPS) is 11.1. The predicted molar refractivity (Wildman–Crippen MR) is 84.9 cm³/mol. The molecule has 0 N–H and O–H groups in total. The maximum atomic E-state index is 12.9. The van der Waals surface area contributed by atoms with Crippen molar-refractivity contribution in [1.29, 1.82) is 0 Å². The Morgan fingerprint density at radius 1 is 1.05 bits per heavy atom. The van der Waals surface area contributed by atoms with Gasteiger partial charge < -0.3 is 0 Å². The molecule has 2 aromatic heterocycles. The van der Waals surface area contributed by atoms with Gasteiger partial charge >= 0.3 is 0 Å². The van der Waals surface area contributed by atoms with Gasteiger partial charge in [0.05, 0.1) is 17.1 Å². The molecular formula is C13H5Br2FOS2. The number of hydrogen-bond donors (Lipinski definition) is 0. The summed E-state index contributed by atoms with van der Waals surface area (Å²) in [5.74, 6) is -0.418. The van der Waals surface area contributed by atoms with Gasteiger partial charge in [0.15, 0.2) is 0 Å². The fourth-order valence-electron chi connectivity index (χ4n) is 1.72. The number of fused-ring (bicyclic) bond motifs is 1. The van der Waals surface area contributed by atoms with Crippen LogP contribution >= 0.6 is 54.5 Å². The Morgan fingerprint density at radius 3 is 2.37 bits per heavy atom. The average molecular weight is 420 g/mol. The van der Waals surface area contributed by atoms with Crippen molar-refractivity contribution in [3.8, 4) is 0 Å². The molecule has 0 spiro atoms. The van der Waals surface area contributed by atoms with Crippen LogP contribution in [0, 0.1) is 5.82 Å². The number of thiophene rings is 2. The standard InChI is InChI=1S/C13H5Br2FOS2/c14-12-8-5-9(18-11(8)13(15)19-12)10(17)6-1-3-7(16)4-2-6/h1-5H. The molecule has 6 heteroatoms. The molecule has 2 heterocycles. The smallest absolute Gasteiger partial charge is 0.202 e. The van der Waals surface area contributed by atoms with Gasteiger partial charge in [-0.25, -0.2) is 4.39 Å². The molecular weight excluding hydrogens is 415 g/mol. The Kier molecular flexibility index (Phi) is 3.59. The zero-order valence-corrected chi connectivity index (χ0v) is 14.1. The van der Waals surface area contributed by atoms with Gasteiger partial charge in [-0.05, 0) is 62.2 Å². The highest BCUT2D eigenvalue weighted by molar-refractivity contribution is 9.12. The van der Waals surface area contributed by atoms with Crippen molar-refractivity contribution in [2.45, 2.75) is 0 Å². The second-order valence-corrected chi connectivity index (χ2v) is 8.55. The van der Waals surface area contributed by atoms with Crippen LogP contribution in [-0.2, 0) is 0 Å². The van der Waals surface area contributed by atoms with E-state index >= 15 is 0 Å². The van der Waals surface area contributed by atoms with Gasteiger partial charge in [-0.3, -0.25) is 4.79 Å². The molecule has 0 radical (unpaired) electrons. The number of rotatable bonds is 2. The van der Waals surface area contributed by atoms with E-state index in [9.17, 15) is 9.18 Å². The van der Waals surface area contributed by atoms with Gasteiger partial charge in [-0.1, -0.05) is 0 Å². The highest BCUT2D eigenvalue weighted by Gasteiger charge is 2.17. The topological polar surface area (TPSA) is 17.1 Å². The summed E-state index contributed by atoms with van der Waals surface area (Å²) in [6.45, 7) is 0. The molecule has 0 aliphatic carbocycles. The Morgan fingerprint density at radius 2 is 1.74 bits per heavy atom. The SMILES string of the molecule is O=C(c1ccc(F)cc1)c1cc2c(Br)sc(Br)c2s1. The van der Waals surface area contributed by atoms with E-state index in [1.54, 1.807) is 11.3 Å². The van der Waals surface area contributed by atoms with E-state index < -0.39 is 0 Å². The quantitative estimate of drug-likeness (QED) is 0.475. The lowest BCUT2D eigenvalue weighted by Crippen LogP contribution is -1.97. The van der Waals surface area contributed by atoms with E-state index in [1.807, 2.05) is 6.07 Å². The Balaban J connectivity index is 2.06. The van der Waals surface area contributed by atoms with Gasteiger partial charge in [0.25, 0.3) is 0 Å². The lowest BCUT2D eigenvalue weighted by atomic mass is 10.1. The summed E-state index contributed by atoms with van der Waals surface area (Å²) in [7, 11) is 0. The minimum Gasteiger partial charge on any atom is -0.288 e. The van der Waals surface area contributed by atoms with E-state index in [1.165, 1.54) is 35.6 Å². The first-order valence-electron chi connectivity index (χ1n) is 5.24. The maximum Gasteiger partial charge on any atom is 0.202 e. The minimum atomic E-state index is -0.339. The van der Waals surface area contributed by atoms with Crippen LogP contribution in [0.25, 0.3) is 10.1 Å². The van der Waals surface area contributed by atoms with E-state index in [2.05, 4.69) is 31.9 Å². The molecule has 0 aliphatic heterocycles. The molecule has 0 bridgehead atoms. The third kappa shape index (κ3) is 2.42. The van der Waals surface area contributed by atoms with E-state index in [-0.39, 0.29) is 11.6 Å². The number of carbonyl (C=O) groups is 1. The lowest BCUT2D eigenvalue weighted by molar-refractivity contribution is 0.104. The second-order valence-electron chi connectivity index (χ2n) is 3.84. The molecule has 0 aliphatic rings. The molecule has 1 aromatic carbocycles. The van der Waals surface area contributed by atoms with Crippen molar-refractivity contribution in [1.82, 2.24) is 0 Å². The molecule has 0 atom stereocenters. The van der Waals surface area contributed by atoms with Crippen LogP contribution in [0.5, 0.6) is 0 Å². The van der Waals surface area contributed by atoms with Crippen LogP contribution in [0.4, 0.5) is 4.39 Å². The summed E-state index contributed by atoms with van der Waals surface area (Å²) in [4.78, 5) is 13.0. The van der Waals surface area contributed by atoms with Gasteiger partial charge in [0.1, 0.15) is 5.82 Å². The molecule has 0 unspecified atom stereocenters. The van der Waals surface area contributed by atoms with E-state index in [0.717, 1.165) is 17.7 Å². The first-order valence-corrected chi connectivity index (χ1v) is 8.46. The largest absolute Gasteiger partial charge is 0.288 e. The maximum absolute atomic E-state index is 12.9. The van der Waals surface area contributed by atoms with Crippen LogP contribution in [0.1, 0.15) is 15.2 Å². The highest BCUT2D eigenvalue weighted by Crippen LogP contribution is 2.44. The van der Waals surface area contributed by atoms with Gasteiger partial charge in [0.2, 0.25) is 5.78 Å². The summed E-state index contributed by atoms with van der Waals surface area (Å²) >= 11 is 10.00. The van der Waals surface area contributed by atoms with Crippen LogP contribution in [0.15, 0.2) is 37.9 Å². The van der Waals surface area contributed by atoms with Gasteiger partial charge in [-0.2, -0.15) is 0 Å². The summed E-state index contributed by atoms with van der Waals surface area (Å²) < 4.78 is 15.9. The number of ketones is 1. The van der Waals surface area contributed by atoms with Crippen molar-refractivity contribution in [3.63, 3.8) is 0 Å². The summed E-state index contributed by atoms with van der Waals surface area (Å²) in [6, 6.07) is 7.49. The third-order valence-electron chi connectivity index (χ3n) is 2.63. The van der Waals surface area contributed by atoms with Gasteiger partial charge in [0, 0.05) is 10.9 Å². The molecule has 0 saturated carbocycles. The van der Waals surface area contributed by atoms with Crippen LogP contribution < -0.4 is 0 Å². The van der Waals surface area contributed by atoms with Crippen molar-refractivity contribution < 1.29 is 9.18 Å². The fraction of sp³-hybridized carbons (Fsp3) is 0. The molecule has 96 valence electrons.